The fraction of sp³-hybridized carbons (Fsp3) is 0.200. The van der Waals surface area contributed by atoms with Crippen molar-refractivity contribution >= 4 is 23.2 Å². The molecule has 1 aliphatic rings. The monoisotopic (exact) mass is 432 g/mol. The third-order valence-electron chi connectivity index (χ3n) is 4.89. The summed E-state index contributed by atoms with van der Waals surface area (Å²) >= 11 is 0. The molecule has 1 unspecified atom stereocenters. The van der Waals surface area contributed by atoms with Crippen LogP contribution >= 0.6 is 0 Å². The maximum atomic E-state index is 12.7. The van der Waals surface area contributed by atoms with Gasteiger partial charge in [-0.3, -0.25) is 9.59 Å². The lowest BCUT2D eigenvalue weighted by Crippen LogP contribution is -2.46. The molecule has 1 heterocycles. The molecular formula is C25H24N2O5. The van der Waals surface area contributed by atoms with Crippen molar-refractivity contribution in [2.24, 2.45) is 0 Å². The first kappa shape index (κ1) is 21.2. The summed E-state index contributed by atoms with van der Waals surface area (Å²) in [7, 11) is 0. The molecule has 7 heteroatoms. The summed E-state index contributed by atoms with van der Waals surface area (Å²) in [5.74, 6) is 1.47. The van der Waals surface area contributed by atoms with Crippen molar-refractivity contribution in [3.8, 4) is 17.2 Å². The quantitative estimate of drug-likeness (QED) is 0.584. The number of benzene rings is 3. The summed E-state index contributed by atoms with van der Waals surface area (Å²) < 4.78 is 17.0. The summed E-state index contributed by atoms with van der Waals surface area (Å²) in [5, 5.41) is 2.80. The Morgan fingerprint density at radius 2 is 1.62 bits per heavy atom. The maximum absolute atomic E-state index is 12.7. The van der Waals surface area contributed by atoms with Gasteiger partial charge in [0, 0.05) is 11.8 Å². The van der Waals surface area contributed by atoms with E-state index in [4.69, 9.17) is 14.2 Å². The first-order chi connectivity index (χ1) is 15.6. The SMILES string of the molecule is CC1Oc2cc(NC(=O)COc3ccccc3)ccc2N(CCOc2ccccc2)C1=O. The zero-order chi connectivity index (χ0) is 22.3. The van der Waals surface area contributed by atoms with E-state index in [-0.39, 0.29) is 18.4 Å². The zero-order valence-electron chi connectivity index (χ0n) is 17.7. The van der Waals surface area contributed by atoms with Crippen LogP contribution in [0.2, 0.25) is 0 Å². The molecule has 3 aromatic rings. The Kier molecular flexibility index (Phi) is 6.55. The predicted octanol–water partition coefficient (Wildman–Crippen LogP) is 3.90. The molecular weight excluding hydrogens is 408 g/mol. The standard InChI is InChI=1S/C25H24N2O5/c1-18-25(29)27(14-15-30-20-8-4-2-5-9-20)22-13-12-19(16-23(22)32-18)26-24(28)17-31-21-10-6-3-7-11-21/h2-13,16,18H,14-15,17H2,1H3,(H,26,28). The molecule has 0 saturated heterocycles. The Labute approximate surface area is 186 Å². The molecule has 0 bridgehead atoms. The lowest BCUT2D eigenvalue weighted by Gasteiger charge is -2.33. The summed E-state index contributed by atoms with van der Waals surface area (Å²) in [4.78, 5) is 26.6. The number of anilines is 2. The first-order valence-electron chi connectivity index (χ1n) is 10.4. The van der Waals surface area contributed by atoms with E-state index in [0.717, 1.165) is 5.75 Å². The number of amides is 2. The van der Waals surface area contributed by atoms with E-state index in [2.05, 4.69) is 5.32 Å². The number of carbonyl (C=O) groups is 2. The third kappa shape index (κ3) is 5.18. The average molecular weight is 432 g/mol. The van der Waals surface area contributed by atoms with Crippen molar-refractivity contribution < 1.29 is 23.8 Å². The van der Waals surface area contributed by atoms with E-state index >= 15 is 0 Å². The van der Waals surface area contributed by atoms with Crippen LogP contribution in [0.15, 0.2) is 78.9 Å². The molecule has 32 heavy (non-hydrogen) atoms. The van der Waals surface area contributed by atoms with Crippen molar-refractivity contribution in [1.29, 1.82) is 0 Å². The van der Waals surface area contributed by atoms with Crippen LogP contribution in [0, 0.1) is 0 Å². The number of ether oxygens (including phenoxy) is 3. The molecule has 0 aliphatic carbocycles. The van der Waals surface area contributed by atoms with Gasteiger partial charge >= 0.3 is 0 Å². The number of hydrogen-bond acceptors (Lipinski definition) is 5. The second kappa shape index (κ2) is 9.87. The topological polar surface area (TPSA) is 77.1 Å². The molecule has 0 spiro atoms. The molecule has 2 amide bonds. The van der Waals surface area contributed by atoms with Gasteiger partial charge < -0.3 is 24.4 Å². The van der Waals surface area contributed by atoms with Crippen LogP contribution in [0.3, 0.4) is 0 Å². The lowest BCUT2D eigenvalue weighted by molar-refractivity contribution is -0.125. The summed E-state index contributed by atoms with van der Waals surface area (Å²) in [6, 6.07) is 23.8. The Hall–Kier alpha value is -4.00. The Bertz CT molecular complexity index is 1070. The Balaban J connectivity index is 1.39. The van der Waals surface area contributed by atoms with Gasteiger partial charge in [0.25, 0.3) is 11.8 Å². The smallest absolute Gasteiger partial charge is 0.267 e. The van der Waals surface area contributed by atoms with Crippen molar-refractivity contribution in [1.82, 2.24) is 0 Å². The van der Waals surface area contributed by atoms with Crippen LogP contribution < -0.4 is 24.4 Å². The molecule has 7 nitrogen and oxygen atoms in total. The number of nitrogens with one attached hydrogen (secondary N) is 1. The highest BCUT2D eigenvalue weighted by atomic mass is 16.5. The minimum atomic E-state index is -0.633. The van der Waals surface area contributed by atoms with E-state index in [1.807, 2.05) is 48.5 Å². The number of hydrogen-bond donors (Lipinski definition) is 1. The molecule has 0 radical (unpaired) electrons. The number of para-hydroxylation sites is 2. The third-order valence-corrected chi connectivity index (χ3v) is 4.89. The average Bonchev–Trinajstić information content (AvgIpc) is 2.81. The summed E-state index contributed by atoms with van der Waals surface area (Å²) in [6.45, 7) is 2.32. The van der Waals surface area contributed by atoms with E-state index in [1.54, 1.807) is 42.2 Å². The normalized spacial score (nSPS) is 14.8. The molecule has 4 rings (SSSR count). The van der Waals surface area contributed by atoms with Gasteiger partial charge in [0.05, 0.1) is 12.2 Å². The predicted molar refractivity (Wildman–Crippen MR) is 121 cm³/mol. The van der Waals surface area contributed by atoms with Crippen LogP contribution in [0.1, 0.15) is 6.92 Å². The van der Waals surface area contributed by atoms with Gasteiger partial charge in [-0.05, 0) is 43.3 Å². The number of rotatable bonds is 8. The molecule has 0 aromatic heterocycles. The second-order valence-electron chi connectivity index (χ2n) is 7.24. The molecule has 0 saturated carbocycles. The molecule has 0 fully saturated rings. The number of carbonyl (C=O) groups excluding carboxylic acids is 2. The Morgan fingerprint density at radius 3 is 2.31 bits per heavy atom. The summed E-state index contributed by atoms with van der Waals surface area (Å²) in [5.41, 5.74) is 1.20. The van der Waals surface area contributed by atoms with Gasteiger partial charge in [0.2, 0.25) is 0 Å². The summed E-state index contributed by atoms with van der Waals surface area (Å²) in [6.07, 6.45) is -0.633. The minimum absolute atomic E-state index is 0.111. The fourth-order valence-electron chi connectivity index (χ4n) is 3.35. The van der Waals surface area contributed by atoms with E-state index < -0.39 is 6.10 Å². The molecule has 1 atom stereocenters. The zero-order valence-corrected chi connectivity index (χ0v) is 17.7. The highest BCUT2D eigenvalue weighted by Crippen LogP contribution is 2.36. The van der Waals surface area contributed by atoms with Gasteiger partial charge in [-0.2, -0.15) is 0 Å². The largest absolute Gasteiger partial charge is 0.492 e. The van der Waals surface area contributed by atoms with Crippen molar-refractivity contribution in [2.75, 3.05) is 30.0 Å². The number of nitrogens with zero attached hydrogens (tertiary/aromatic N) is 1. The number of fused-ring (bicyclic) bond motifs is 1. The van der Waals surface area contributed by atoms with Crippen molar-refractivity contribution in [3.63, 3.8) is 0 Å². The first-order valence-corrected chi connectivity index (χ1v) is 10.4. The van der Waals surface area contributed by atoms with Gasteiger partial charge in [-0.25, -0.2) is 0 Å². The van der Waals surface area contributed by atoms with Crippen molar-refractivity contribution in [3.05, 3.63) is 78.9 Å². The van der Waals surface area contributed by atoms with Gasteiger partial charge in [-0.1, -0.05) is 36.4 Å². The molecule has 3 aromatic carbocycles. The van der Waals surface area contributed by atoms with E-state index in [1.165, 1.54) is 0 Å². The highest BCUT2D eigenvalue weighted by molar-refractivity contribution is 6.00. The van der Waals surface area contributed by atoms with Crippen LogP contribution in [-0.2, 0) is 9.59 Å². The van der Waals surface area contributed by atoms with Crippen LogP contribution in [0.25, 0.3) is 0 Å². The van der Waals surface area contributed by atoms with E-state index in [0.29, 0.717) is 36.0 Å². The highest BCUT2D eigenvalue weighted by Gasteiger charge is 2.31. The van der Waals surface area contributed by atoms with Gasteiger partial charge in [-0.15, -0.1) is 0 Å². The van der Waals surface area contributed by atoms with Gasteiger partial charge in [0.15, 0.2) is 12.7 Å². The fourth-order valence-corrected chi connectivity index (χ4v) is 3.35. The minimum Gasteiger partial charge on any atom is -0.492 e. The van der Waals surface area contributed by atoms with Crippen LogP contribution in [0.4, 0.5) is 11.4 Å². The maximum Gasteiger partial charge on any atom is 0.267 e. The molecule has 164 valence electrons. The second-order valence-corrected chi connectivity index (χ2v) is 7.24. The van der Waals surface area contributed by atoms with Crippen molar-refractivity contribution in [2.45, 2.75) is 13.0 Å². The molecule has 1 N–H and O–H groups in total. The van der Waals surface area contributed by atoms with Crippen LogP contribution in [-0.4, -0.2) is 37.7 Å². The van der Waals surface area contributed by atoms with Crippen LogP contribution in [0.5, 0.6) is 17.2 Å². The Morgan fingerprint density at radius 1 is 0.969 bits per heavy atom. The molecule has 1 aliphatic heterocycles. The van der Waals surface area contributed by atoms with E-state index in [9.17, 15) is 9.59 Å². The van der Waals surface area contributed by atoms with Gasteiger partial charge in [0.1, 0.15) is 23.9 Å². The lowest BCUT2D eigenvalue weighted by atomic mass is 10.1.